The average molecular weight is 307 g/mol. The molecular formula is C17H13N3OS. The molecule has 0 aliphatic rings. The number of thioether (sulfide) groups is 1. The van der Waals surface area contributed by atoms with E-state index in [4.69, 9.17) is 10.5 Å². The first-order valence-electron chi connectivity index (χ1n) is 6.52. The van der Waals surface area contributed by atoms with Crippen molar-refractivity contribution in [3.05, 3.63) is 65.2 Å². The number of benzene rings is 2. The normalized spacial score (nSPS) is 11.0. The van der Waals surface area contributed by atoms with Crippen LogP contribution in [0.2, 0.25) is 0 Å². The van der Waals surface area contributed by atoms with Gasteiger partial charge in [0.15, 0.2) is 0 Å². The number of nitrogens with one attached hydrogen (secondary N) is 1. The standard InChI is InChI=1S/C17H13N3OS/c1-22-16(12-5-3-2-4-6-12)17(21)20-15-8-7-13(10-18)14(9-15)11-19/h2-9,16H,1H3,(H,20,21). The Hall–Kier alpha value is -2.76. The van der Waals surface area contributed by atoms with Crippen LogP contribution in [0.1, 0.15) is 21.9 Å². The number of rotatable bonds is 4. The monoisotopic (exact) mass is 307 g/mol. The van der Waals surface area contributed by atoms with Gasteiger partial charge in [-0.05, 0) is 30.0 Å². The van der Waals surface area contributed by atoms with Crippen molar-refractivity contribution in [2.24, 2.45) is 0 Å². The van der Waals surface area contributed by atoms with E-state index < -0.39 is 0 Å². The van der Waals surface area contributed by atoms with E-state index in [-0.39, 0.29) is 16.7 Å². The van der Waals surface area contributed by atoms with E-state index in [9.17, 15) is 4.79 Å². The first kappa shape index (κ1) is 15.6. The Bertz CT molecular complexity index is 760. The third-order valence-electron chi connectivity index (χ3n) is 3.10. The third-order valence-corrected chi connectivity index (χ3v) is 4.06. The topological polar surface area (TPSA) is 76.7 Å². The molecule has 4 nitrogen and oxygen atoms in total. The zero-order valence-corrected chi connectivity index (χ0v) is 12.7. The Morgan fingerprint density at radius 1 is 1.09 bits per heavy atom. The third kappa shape index (κ3) is 3.46. The molecule has 2 aromatic carbocycles. The van der Waals surface area contributed by atoms with E-state index >= 15 is 0 Å². The molecule has 2 aromatic rings. The van der Waals surface area contributed by atoms with Crippen molar-refractivity contribution in [1.82, 2.24) is 0 Å². The molecule has 1 unspecified atom stereocenters. The van der Waals surface area contributed by atoms with Gasteiger partial charge in [-0.2, -0.15) is 10.5 Å². The Balaban J connectivity index is 2.22. The fourth-order valence-corrected chi connectivity index (χ4v) is 2.74. The fraction of sp³-hybridized carbons (Fsp3) is 0.118. The van der Waals surface area contributed by atoms with Gasteiger partial charge in [0.2, 0.25) is 5.91 Å². The highest BCUT2D eigenvalue weighted by Gasteiger charge is 2.19. The summed E-state index contributed by atoms with van der Waals surface area (Å²) in [6.45, 7) is 0. The van der Waals surface area contributed by atoms with Gasteiger partial charge >= 0.3 is 0 Å². The molecule has 0 saturated carbocycles. The summed E-state index contributed by atoms with van der Waals surface area (Å²) in [5.41, 5.74) is 1.97. The van der Waals surface area contributed by atoms with Crippen molar-refractivity contribution >= 4 is 23.4 Å². The predicted octanol–water partition coefficient (Wildman–Crippen LogP) is 3.47. The molecule has 1 atom stereocenters. The maximum Gasteiger partial charge on any atom is 0.241 e. The lowest BCUT2D eigenvalue weighted by molar-refractivity contribution is -0.115. The van der Waals surface area contributed by atoms with Crippen LogP contribution in [0.4, 0.5) is 5.69 Å². The number of carbonyl (C=O) groups is 1. The van der Waals surface area contributed by atoms with E-state index in [2.05, 4.69) is 5.32 Å². The van der Waals surface area contributed by atoms with Gasteiger partial charge < -0.3 is 5.32 Å². The largest absolute Gasteiger partial charge is 0.325 e. The van der Waals surface area contributed by atoms with E-state index in [1.165, 1.54) is 23.9 Å². The molecule has 0 fully saturated rings. The van der Waals surface area contributed by atoms with Gasteiger partial charge in [0.05, 0.1) is 11.1 Å². The van der Waals surface area contributed by atoms with Crippen molar-refractivity contribution in [2.75, 3.05) is 11.6 Å². The molecule has 0 radical (unpaired) electrons. The van der Waals surface area contributed by atoms with Crippen LogP contribution in [0.15, 0.2) is 48.5 Å². The van der Waals surface area contributed by atoms with Crippen molar-refractivity contribution in [1.29, 1.82) is 10.5 Å². The number of hydrogen-bond acceptors (Lipinski definition) is 4. The average Bonchev–Trinajstić information content (AvgIpc) is 2.56. The first-order chi connectivity index (χ1) is 10.7. The lowest BCUT2D eigenvalue weighted by Crippen LogP contribution is -2.18. The summed E-state index contributed by atoms with van der Waals surface area (Å²) in [6, 6.07) is 18.1. The lowest BCUT2D eigenvalue weighted by Gasteiger charge is -2.15. The number of anilines is 1. The highest BCUT2D eigenvalue weighted by atomic mass is 32.2. The molecule has 0 aromatic heterocycles. The molecular weight excluding hydrogens is 294 g/mol. The summed E-state index contributed by atoms with van der Waals surface area (Å²) in [7, 11) is 0. The van der Waals surface area contributed by atoms with Gasteiger partial charge in [0, 0.05) is 5.69 Å². The molecule has 1 N–H and O–H groups in total. The second kappa shape index (κ2) is 7.31. The zero-order chi connectivity index (χ0) is 15.9. The summed E-state index contributed by atoms with van der Waals surface area (Å²) in [5, 5.41) is 20.4. The van der Waals surface area contributed by atoms with E-state index in [1.54, 1.807) is 6.07 Å². The fourth-order valence-electron chi connectivity index (χ4n) is 2.04. The Morgan fingerprint density at radius 3 is 2.36 bits per heavy atom. The summed E-state index contributed by atoms with van der Waals surface area (Å²) in [5.74, 6) is -0.160. The quantitative estimate of drug-likeness (QED) is 0.938. The molecule has 0 spiro atoms. The summed E-state index contributed by atoms with van der Waals surface area (Å²) in [6.07, 6.45) is 1.87. The minimum Gasteiger partial charge on any atom is -0.325 e. The molecule has 108 valence electrons. The second-order valence-corrected chi connectivity index (χ2v) is 5.44. The van der Waals surface area contributed by atoms with Gasteiger partial charge in [-0.25, -0.2) is 0 Å². The number of nitriles is 2. The Morgan fingerprint density at radius 2 is 1.77 bits per heavy atom. The van der Waals surface area contributed by atoms with Crippen LogP contribution in [0.5, 0.6) is 0 Å². The zero-order valence-electron chi connectivity index (χ0n) is 11.9. The molecule has 22 heavy (non-hydrogen) atoms. The van der Waals surface area contributed by atoms with E-state index in [1.807, 2.05) is 48.7 Å². The van der Waals surface area contributed by atoms with Crippen LogP contribution in [-0.2, 0) is 4.79 Å². The van der Waals surface area contributed by atoms with Crippen LogP contribution in [0, 0.1) is 22.7 Å². The molecule has 1 amide bonds. The van der Waals surface area contributed by atoms with Gasteiger partial charge in [-0.15, -0.1) is 11.8 Å². The second-order valence-electron chi connectivity index (χ2n) is 4.50. The molecule has 0 heterocycles. The van der Waals surface area contributed by atoms with Crippen LogP contribution in [-0.4, -0.2) is 12.2 Å². The van der Waals surface area contributed by atoms with Crippen molar-refractivity contribution in [3.8, 4) is 12.1 Å². The lowest BCUT2D eigenvalue weighted by atomic mass is 10.1. The highest BCUT2D eigenvalue weighted by Crippen LogP contribution is 2.28. The van der Waals surface area contributed by atoms with Crippen molar-refractivity contribution in [3.63, 3.8) is 0 Å². The molecule has 2 rings (SSSR count). The number of amides is 1. The van der Waals surface area contributed by atoms with Gasteiger partial charge in [-0.3, -0.25) is 4.79 Å². The van der Waals surface area contributed by atoms with Crippen LogP contribution >= 0.6 is 11.8 Å². The summed E-state index contributed by atoms with van der Waals surface area (Å²) in [4.78, 5) is 12.4. The summed E-state index contributed by atoms with van der Waals surface area (Å²) >= 11 is 1.44. The number of carbonyl (C=O) groups excluding carboxylic acids is 1. The van der Waals surface area contributed by atoms with E-state index in [0.29, 0.717) is 11.3 Å². The van der Waals surface area contributed by atoms with Gasteiger partial charge in [0.1, 0.15) is 17.4 Å². The van der Waals surface area contributed by atoms with Crippen LogP contribution in [0.3, 0.4) is 0 Å². The van der Waals surface area contributed by atoms with Crippen LogP contribution in [0.25, 0.3) is 0 Å². The van der Waals surface area contributed by atoms with E-state index in [0.717, 1.165) is 5.56 Å². The van der Waals surface area contributed by atoms with Crippen molar-refractivity contribution in [2.45, 2.75) is 5.25 Å². The number of nitrogens with zero attached hydrogens (tertiary/aromatic N) is 2. The molecule has 0 aliphatic carbocycles. The SMILES string of the molecule is CSC(C(=O)Nc1ccc(C#N)c(C#N)c1)c1ccccc1. The smallest absolute Gasteiger partial charge is 0.241 e. The molecule has 5 heteroatoms. The minimum atomic E-state index is -0.331. The predicted molar refractivity (Wildman–Crippen MR) is 87.2 cm³/mol. The molecule has 0 bridgehead atoms. The molecule has 0 aliphatic heterocycles. The minimum absolute atomic E-state index is 0.160. The van der Waals surface area contributed by atoms with Crippen LogP contribution < -0.4 is 5.32 Å². The Kier molecular flexibility index (Phi) is 5.19. The van der Waals surface area contributed by atoms with Gasteiger partial charge in [-0.1, -0.05) is 30.3 Å². The summed E-state index contributed by atoms with van der Waals surface area (Å²) < 4.78 is 0. The van der Waals surface area contributed by atoms with Crippen molar-refractivity contribution < 1.29 is 4.79 Å². The highest BCUT2D eigenvalue weighted by molar-refractivity contribution is 7.99. The maximum absolute atomic E-state index is 12.4. The first-order valence-corrected chi connectivity index (χ1v) is 7.81. The Labute approximate surface area is 133 Å². The maximum atomic E-state index is 12.4. The molecule has 0 saturated heterocycles. The number of hydrogen-bond donors (Lipinski definition) is 1. The van der Waals surface area contributed by atoms with Gasteiger partial charge in [0.25, 0.3) is 0 Å².